The minimum atomic E-state index is -0.531. The van der Waals surface area contributed by atoms with Gasteiger partial charge in [-0.25, -0.2) is 9.82 Å². The zero-order valence-corrected chi connectivity index (χ0v) is 11.8. The molecule has 0 aliphatic heterocycles. The number of rotatable bonds is 5. The fourth-order valence-corrected chi connectivity index (χ4v) is 2.27. The van der Waals surface area contributed by atoms with E-state index >= 15 is 0 Å². The van der Waals surface area contributed by atoms with Crippen LogP contribution in [0.2, 0.25) is 5.02 Å². The van der Waals surface area contributed by atoms with Crippen LogP contribution >= 0.6 is 11.6 Å². The first kappa shape index (κ1) is 14.8. The van der Waals surface area contributed by atoms with Crippen molar-refractivity contribution in [2.75, 3.05) is 6.61 Å². The lowest BCUT2D eigenvalue weighted by Gasteiger charge is -2.20. The van der Waals surface area contributed by atoms with E-state index in [4.69, 9.17) is 22.2 Å². The van der Waals surface area contributed by atoms with Crippen LogP contribution in [0.3, 0.4) is 0 Å². The van der Waals surface area contributed by atoms with Gasteiger partial charge in [-0.15, -0.1) is 0 Å². The van der Waals surface area contributed by atoms with Crippen LogP contribution in [-0.4, -0.2) is 6.61 Å². The van der Waals surface area contributed by atoms with Crippen LogP contribution in [0.5, 0.6) is 5.75 Å². The maximum absolute atomic E-state index is 14.0. The highest BCUT2D eigenvalue weighted by atomic mass is 35.5. The van der Waals surface area contributed by atoms with E-state index in [1.807, 2.05) is 31.2 Å². The third kappa shape index (κ3) is 3.10. The van der Waals surface area contributed by atoms with E-state index in [1.54, 1.807) is 6.07 Å². The van der Waals surface area contributed by atoms with Crippen LogP contribution in [0.4, 0.5) is 4.39 Å². The van der Waals surface area contributed by atoms with Gasteiger partial charge in [0.2, 0.25) is 0 Å². The fourth-order valence-electron chi connectivity index (χ4n) is 2.09. The molecule has 0 heterocycles. The van der Waals surface area contributed by atoms with Gasteiger partial charge in [0, 0.05) is 16.1 Å². The highest BCUT2D eigenvalue weighted by Crippen LogP contribution is 2.32. The smallest absolute Gasteiger partial charge is 0.128 e. The molecule has 106 valence electrons. The molecule has 0 aromatic heterocycles. The second kappa shape index (κ2) is 6.70. The van der Waals surface area contributed by atoms with Crippen molar-refractivity contribution in [2.24, 2.45) is 5.84 Å². The lowest BCUT2D eigenvalue weighted by atomic mass is 9.98. The first-order valence-corrected chi connectivity index (χ1v) is 6.68. The average molecular weight is 295 g/mol. The molecule has 3 nitrogen and oxygen atoms in total. The van der Waals surface area contributed by atoms with Gasteiger partial charge < -0.3 is 4.74 Å². The van der Waals surface area contributed by atoms with Crippen LogP contribution in [0.15, 0.2) is 42.5 Å². The van der Waals surface area contributed by atoms with Crippen LogP contribution < -0.4 is 16.0 Å². The molecule has 0 amide bonds. The second-order valence-electron chi connectivity index (χ2n) is 4.24. The van der Waals surface area contributed by atoms with E-state index < -0.39 is 6.04 Å². The summed E-state index contributed by atoms with van der Waals surface area (Å²) in [4.78, 5) is 0. The SMILES string of the molecule is CCOc1ccccc1C(NN)c1cc(Cl)ccc1F. The van der Waals surface area contributed by atoms with Crippen LogP contribution in [-0.2, 0) is 0 Å². The standard InChI is InChI=1S/C15H16ClFN2O/c1-2-20-14-6-4-3-5-11(14)15(19-18)12-9-10(16)7-8-13(12)17/h3-9,15,19H,2,18H2,1H3. The van der Waals surface area contributed by atoms with Gasteiger partial charge in [0.05, 0.1) is 12.6 Å². The van der Waals surface area contributed by atoms with Crippen molar-refractivity contribution in [1.29, 1.82) is 0 Å². The fraction of sp³-hybridized carbons (Fsp3) is 0.200. The Morgan fingerprint density at radius 1 is 1.25 bits per heavy atom. The molecular formula is C15H16ClFN2O. The summed E-state index contributed by atoms with van der Waals surface area (Å²) in [6.45, 7) is 2.41. The summed E-state index contributed by atoms with van der Waals surface area (Å²) in [5, 5.41) is 0.454. The number of para-hydroxylation sites is 1. The quantitative estimate of drug-likeness (QED) is 0.656. The Labute approximate surface area is 122 Å². The highest BCUT2D eigenvalue weighted by molar-refractivity contribution is 6.30. The normalized spacial score (nSPS) is 12.2. The Hall–Kier alpha value is -1.62. The minimum absolute atomic E-state index is 0.372. The van der Waals surface area contributed by atoms with Crippen LogP contribution in [0, 0.1) is 5.82 Å². The van der Waals surface area contributed by atoms with Crippen LogP contribution in [0.1, 0.15) is 24.1 Å². The molecule has 2 aromatic carbocycles. The van der Waals surface area contributed by atoms with Crippen molar-refractivity contribution in [3.8, 4) is 5.75 Å². The number of halogens is 2. The van der Waals surface area contributed by atoms with Crippen molar-refractivity contribution in [3.05, 3.63) is 64.4 Å². The van der Waals surface area contributed by atoms with E-state index in [1.165, 1.54) is 12.1 Å². The molecule has 2 aromatic rings. The monoisotopic (exact) mass is 294 g/mol. The van der Waals surface area contributed by atoms with Gasteiger partial charge in [0.25, 0.3) is 0 Å². The van der Waals surface area contributed by atoms with Crippen molar-refractivity contribution in [3.63, 3.8) is 0 Å². The predicted molar refractivity (Wildman–Crippen MR) is 78.2 cm³/mol. The maximum Gasteiger partial charge on any atom is 0.128 e. The zero-order chi connectivity index (χ0) is 14.5. The molecular weight excluding hydrogens is 279 g/mol. The summed E-state index contributed by atoms with van der Waals surface area (Å²) in [6.07, 6.45) is 0. The van der Waals surface area contributed by atoms with Gasteiger partial charge in [-0.3, -0.25) is 5.84 Å². The first-order chi connectivity index (χ1) is 9.67. The van der Waals surface area contributed by atoms with Crippen LogP contribution in [0.25, 0.3) is 0 Å². The summed E-state index contributed by atoms with van der Waals surface area (Å²) in [7, 11) is 0. The highest BCUT2D eigenvalue weighted by Gasteiger charge is 2.20. The van der Waals surface area contributed by atoms with E-state index in [0.717, 1.165) is 5.56 Å². The number of hydrogen-bond donors (Lipinski definition) is 2. The summed E-state index contributed by atoms with van der Waals surface area (Å²) in [5.74, 6) is 5.90. The molecule has 0 spiro atoms. The van der Waals surface area contributed by atoms with Crippen molar-refractivity contribution >= 4 is 11.6 Å². The Morgan fingerprint density at radius 3 is 2.70 bits per heavy atom. The van der Waals surface area contributed by atoms with E-state index in [0.29, 0.717) is 22.9 Å². The molecule has 20 heavy (non-hydrogen) atoms. The molecule has 0 saturated heterocycles. The molecule has 3 N–H and O–H groups in total. The Balaban J connectivity index is 2.49. The third-order valence-electron chi connectivity index (χ3n) is 2.97. The molecule has 0 bridgehead atoms. The Morgan fingerprint density at radius 2 is 2.00 bits per heavy atom. The third-order valence-corrected chi connectivity index (χ3v) is 3.20. The lowest BCUT2D eigenvalue weighted by molar-refractivity contribution is 0.333. The maximum atomic E-state index is 14.0. The van der Waals surface area contributed by atoms with Gasteiger partial charge in [-0.2, -0.15) is 0 Å². The van der Waals surface area contributed by atoms with Crippen molar-refractivity contribution < 1.29 is 9.13 Å². The number of ether oxygens (including phenoxy) is 1. The number of benzene rings is 2. The molecule has 2 rings (SSSR count). The molecule has 1 atom stereocenters. The van der Waals surface area contributed by atoms with Gasteiger partial charge in [0.1, 0.15) is 11.6 Å². The first-order valence-electron chi connectivity index (χ1n) is 6.30. The molecule has 0 saturated carbocycles. The molecule has 0 aliphatic carbocycles. The largest absolute Gasteiger partial charge is 0.494 e. The number of hydrogen-bond acceptors (Lipinski definition) is 3. The summed E-state index contributed by atoms with van der Waals surface area (Å²) in [6, 6.07) is 11.2. The predicted octanol–water partition coefficient (Wildman–Crippen LogP) is 3.43. The molecule has 0 fully saturated rings. The van der Waals surface area contributed by atoms with Gasteiger partial charge in [-0.05, 0) is 31.2 Å². The molecule has 0 aliphatic rings. The molecule has 1 unspecified atom stereocenters. The van der Waals surface area contributed by atoms with Crippen molar-refractivity contribution in [2.45, 2.75) is 13.0 Å². The van der Waals surface area contributed by atoms with Crippen molar-refractivity contribution in [1.82, 2.24) is 5.43 Å². The molecule has 0 radical (unpaired) electrons. The number of nitrogens with one attached hydrogen (secondary N) is 1. The Bertz CT molecular complexity index is 592. The van der Waals surface area contributed by atoms with E-state index in [-0.39, 0.29) is 5.82 Å². The topological polar surface area (TPSA) is 47.3 Å². The van der Waals surface area contributed by atoms with E-state index in [9.17, 15) is 4.39 Å². The minimum Gasteiger partial charge on any atom is -0.494 e. The summed E-state index contributed by atoms with van der Waals surface area (Å²) < 4.78 is 19.6. The summed E-state index contributed by atoms with van der Waals surface area (Å²) >= 11 is 5.94. The van der Waals surface area contributed by atoms with E-state index in [2.05, 4.69) is 5.43 Å². The summed E-state index contributed by atoms with van der Waals surface area (Å²) in [5.41, 5.74) is 3.77. The van der Waals surface area contributed by atoms with Gasteiger partial charge in [-0.1, -0.05) is 29.8 Å². The van der Waals surface area contributed by atoms with Gasteiger partial charge >= 0.3 is 0 Å². The lowest BCUT2D eigenvalue weighted by Crippen LogP contribution is -2.30. The second-order valence-corrected chi connectivity index (χ2v) is 4.67. The number of nitrogens with two attached hydrogens (primary N) is 1. The average Bonchev–Trinajstić information content (AvgIpc) is 2.45. The van der Waals surface area contributed by atoms with Gasteiger partial charge in [0.15, 0.2) is 0 Å². The molecule has 5 heteroatoms. The zero-order valence-electron chi connectivity index (χ0n) is 11.1. The Kier molecular flexibility index (Phi) is 4.95. The number of hydrazine groups is 1.